The minimum Gasteiger partial charge on any atom is -0.455 e. The molecule has 4 aromatic carbocycles. The zero-order valence-electron chi connectivity index (χ0n) is 21.8. The van der Waals surface area contributed by atoms with Gasteiger partial charge in [-0.25, -0.2) is 0 Å². The molecule has 0 amide bonds. The zero-order valence-corrected chi connectivity index (χ0v) is 21.8. The highest BCUT2D eigenvalue weighted by Crippen LogP contribution is 2.46. The Morgan fingerprint density at radius 3 is 2.37 bits per heavy atom. The van der Waals surface area contributed by atoms with Gasteiger partial charge in [0.25, 0.3) is 0 Å². The van der Waals surface area contributed by atoms with Crippen LogP contribution in [0, 0.1) is 0 Å². The lowest BCUT2D eigenvalue weighted by atomic mass is 9.72. The van der Waals surface area contributed by atoms with Crippen molar-refractivity contribution in [1.82, 2.24) is 4.57 Å². The Morgan fingerprint density at radius 2 is 1.59 bits per heavy atom. The van der Waals surface area contributed by atoms with Crippen LogP contribution in [0.5, 0.6) is 0 Å². The van der Waals surface area contributed by atoms with Gasteiger partial charge in [0.05, 0.1) is 27.8 Å². The lowest BCUT2D eigenvalue weighted by Crippen LogP contribution is -2.42. The molecule has 0 radical (unpaired) electrons. The smallest absolute Gasteiger partial charge is 0.416 e. The molecule has 0 saturated carbocycles. The number of aromatic nitrogens is 1. The highest BCUT2D eigenvalue weighted by Gasteiger charge is 2.45. The van der Waals surface area contributed by atoms with Crippen LogP contribution in [0.3, 0.4) is 0 Å². The van der Waals surface area contributed by atoms with Gasteiger partial charge in [0, 0.05) is 28.3 Å². The quantitative estimate of drug-likeness (QED) is 0.206. The van der Waals surface area contributed by atoms with E-state index in [1.54, 1.807) is 41.8 Å². The Hall–Kier alpha value is -4.91. The second-order valence-corrected chi connectivity index (χ2v) is 10.6. The predicted molar refractivity (Wildman–Crippen MR) is 151 cm³/mol. The fourth-order valence-electron chi connectivity index (χ4n) is 6.05. The number of rotatable bonds is 4. The van der Waals surface area contributed by atoms with Crippen LogP contribution in [0.15, 0.2) is 108 Å². The number of nitrogens with zero attached hydrogens (tertiary/aromatic N) is 1. The summed E-state index contributed by atoms with van der Waals surface area (Å²) in [5.74, 6) is -0.574. The summed E-state index contributed by atoms with van der Waals surface area (Å²) in [5.41, 5.74) is 1.58. The monoisotopic (exact) mass is 549 g/mol. The highest BCUT2D eigenvalue weighted by molar-refractivity contribution is 6.15. The van der Waals surface area contributed by atoms with E-state index in [0.29, 0.717) is 11.1 Å². The van der Waals surface area contributed by atoms with Crippen LogP contribution < -0.4 is 0 Å². The number of hydrogen-bond acceptors (Lipinski definition) is 3. The maximum Gasteiger partial charge on any atom is 0.416 e. The van der Waals surface area contributed by atoms with Crippen LogP contribution in [0.4, 0.5) is 13.2 Å². The fraction of sp³-hybridized carbons (Fsp3) is 0.118. The number of alkyl halides is 3. The van der Waals surface area contributed by atoms with Crippen LogP contribution in [0.1, 0.15) is 39.6 Å². The van der Waals surface area contributed by atoms with Gasteiger partial charge in [0.2, 0.25) is 5.91 Å². The van der Waals surface area contributed by atoms with Gasteiger partial charge in [-0.15, -0.1) is 0 Å². The average molecular weight is 550 g/mol. The molecule has 0 saturated heterocycles. The van der Waals surface area contributed by atoms with Crippen molar-refractivity contribution in [2.45, 2.75) is 24.9 Å². The number of ketones is 1. The summed E-state index contributed by atoms with van der Waals surface area (Å²) >= 11 is 0. The third-order valence-electron chi connectivity index (χ3n) is 8.03. The molecule has 1 aliphatic heterocycles. The normalized spacial score (nSPS) is 16.6. The van der Waals surface area contributed by atoms with Crippen molar-refractivity contribution in [3.63, 3.8) is 0 Å². The highest BCUT2D eigenvalue weighted by atomic mass is 19.4. The third-order valence-corrected chi connectivity index (χ3v) is 8.03. The maximum atomic E-state index is 14.3. The van der Waals surface area contributed by atoms with Gasteiger partial charge in [-0.1, -0.05) is 72.8 Å². The van der Waals surface area contributed by atoms with E-state index in [-0.39, 0.29) is 34.6 Å². The molecule has 202 valence electrons. The second-order valence-electron chi connectivity index (χ2n) is 10.6. The number of fused-ring (bicyclic) bond motifs is 6. The first-order chi connectivity index (χ1) is 19.7. The number of benzene rings is 4. The molecule has 3 heterocycles. The average Bonchev–Trinajstić information content (AvgIpc) is 3.55. The van der Waals surface area contributed by atoms with Crippen molar-refractivity contribution >= 4 is 33.6 Å². The predicted octanol–water partition coefficient (Wildman–Crippen LogP) is 8.92. The summed E-state index contributed by atoms with van der Waals surface area (Å²) < 4.78 is 48.8. The first-order valence-electron chi connectivity index (χ1n) is 13.1. The molecular weight excluding hydrogens is 527 g/mol. The summed E-state index contributed by atoms with van der Waals surface area (Å²) in [6, 6.07) is 28.9. The number of carbonyl (C=O) groups is 2. The van der Waals surface area contributed by atoms with E-state index in [2.05, 4.69) is 0 Å². The lowest BCUT2D eigenvalue weighted by molar-refractivity contribution is -0.137. The minimum atomic E-state index is -4.60. The molecule has 0 bridgehead atoms. The van der Waals surface area contributed by atoms with E-state index < -0.39 is 22.9 Å². The molecule has 6 aromatic rings. The van der Waals surface area contributed by atoms with Crippen LogP contribution in [0.2, 0.25) is 0 Å². The SMILES string of the molecule is CC1(CC(=O)c2c(-c3ccccc3)oc3ccc(C(F)(F)F)cc23)C(=O)n2c(cc3ccccc32)-c2ccccc21. The molecule has 0 N–H and O–H groups in total. The van der Waals surface area contributed by atoms with Gasteiger partial charge in [0.1, 0.15) is 11.3 Å². The van der Waals surface area contributed by atoms with Gasteiger partial charge in [-0.2, -0.15) is 13.2 Å². The number of halogens is 3. The van der Waals surface area contributed by atoms with E-state index in [0.717, 1.165) is 34.3 Å². The number of carbonyl (C=O) groups excluding carboxylic acids is 2. The number of hydrogen-bond donors (Lipinski definition) is 0. The van der Waals surface area contributed by atoms with E-state index in [1.807, 2.05) is 54.6 Å². The molecule has 0 fully saturated rings. The first kappa shape index (κ1) is 25.1. The van der Waals surface area contributed by atoms with Crippen molar-refractivity contribution in [3.8, 4) is 22.6 Å². The lowest BCUT2D eigenvalue weighted by Gasteiger charge is -2.35. The first-order valence-corrected chi connectivity index (χ1v) is 13.1. The maximum absolute atomic E-state index is 14.3. The van der Waals surface area contributed by atoms with Crippen molar-refractivity contribution in [1.29, 1.82) is 0 Å². The zero-order chi connectivity index (χ0) is 28.5. The van der Waals surface area contributed by atoms with Crippen LogP contribution in [-0.4, -0.2) is 16.3 Å². The topological polar surface area (TPSA) is 52.2 Å². The van der Waals surface area contributed by atoms with E-state index in [1.165, 1.54) is 6.07 Å². The van der Waals surface area contributed by atoms with Crippen LogP contribution in [0.25, 0.3) is 44.5 Å². The molecule has 41 heavy (non-hydrogen) atoms. The number of para-hydroxylation sites is 1. The summed E-state index contributed by atoms with van der Waals surface area (Å²) in [6.45, 7) is 1.73. The van der Waals surface area contributed by atoms with Gasteiger partial charge < -0.3 is 4.42 Å². The summed E-state index contributed by atoms with van der Waals surface area (Å²) in [5, 5.41) is 0.962. The van der Waals surface area contributed by atoms with E-state index in [9.17, 15) is 22.8 Å². The Labute approximate surface area is 232 Å². The molecule has 1 atom stereocenters. The Kier molecular flexibility index (Phi) is 5.38. The number of Topliss-reactive ketones (excluding diaryl/α,β-unsaturated/α-hetero) is 1. The molecule has 0 aliphatic carbocycles. The minimum absolute atomic E-state index is 0.0342. The molecule has 2 aromatic heterocycles. The van der Waals surface area contributed by atoms with Crippen molar-refractivity contribution in [3.05, 3.63) is 120 Å². The van der Waals surface area contributed by atoms with E-state index in [4.69, 9.17) is 4.42 Å². The largest absolute Gasteiger partial charge is 0.455 e. The van der Waals surface area contributed by atoms with Crippen molar-refractivity contribution in [2.75, 3.05) is 0 Å². The van der Waals surface area contributed by atoms with Gasteiger partial charge in [-0.05, 0) is 42.8 Å². The second kappa shape index (κ2) is 8.80. The Bertz CT molecular complexity index is 2020. The Balaban J connectivity index is 1.42. The van der Waals surface area contributed by atoms with Gasteiger partial charge in [-0.3, -0.25) is 14.2 Å². The molecule has 1 unspecified atom stereocenters. The number of furan rings is 1. The van der Waals surface area contributed by atoms with Crippen LogP contribution >= 0.6 is 0 Å². The fourth-order valence-corrected chi connectivity index (χ4v) is 6.05. The van der Waals surface area contributed by atoms with E-state index >= 15 is 0 Å². The molecule has 1 aliphatic rings. The molecule has 4 nitrogen and oxygen atoms in total. The van der Waals surface area contributed by atoms with Crippen LogP contribution in [-0.2, 0) is 11.6 Å². The standard InChI is InChI=1S/C34H22F3NO3/c1-33(25-13-7-6-12-23(25)27-17-21-11-5-8-14-26(21)38(27)32(33)40)19-28(39)30-24-18-22(34(35,36)37)15-16-29(24)41-31(30)20-9-3-2-4-10-20/h2-18H,19H2,1H3. The molecule has 7 rings (SSSR count). The molecular formula is C34H22F3NO3. The summed E-state index contributed by atoms with van der Waals surface area (Å²) in [7, 11) is 0. The molecule has 7 heteroatoms. The summed E-state index contributed by atoms with van der Waals surface area (Å²) in [4.78, 5) is 28.6. The molecule has 0 spiro atoms. The Morgan fingerprint density at radius 1 is 0.878 bits per heavy atom. The van der Waals surface area contributed by atoms with Crippen molar-refractivity contribution in [2.24, 2.45) is 0 Å². The third kappa shape index (κ3) is 3.76. The summed E-state index contributed by atoms with van der Waals surface area (Å²) in [6.07, 6.45) is -4.87. The van der Waals surface area contributed by atoms with Gasteiger partial charge in [0.15, 0.2) is 5.78 Å². The van der Waals surface area contributed by atoms with Crippen molar-refractivity contribution < 1.29 is 27.2 Å². The van der Waals surface area contributed by atoms with Gasteiger partial charge >= 0.3 is 6.18 Å².